The molecule has 1 aliphatic carbocycles. The minimum atomic E-state index is 0.0914. The fraction of sp³-hybridized carbons (Fsp3) is 0.235. The molecule has 0 spiro atoms. The van der Waals surface area contributed by atoms with Crippen LogP contribution in [0.15, 0.2) is 53.7 Å². The van der Waals surface area contributed by atoms with Gasteiger partial charge in [-0.05, 0) is 31.4 Å². The average molecular weight is 251 g/mol. The first-order valence-electron chi connectivity index (χ1n) is 6.66. The highest BCUT2D eigenvalue weighted by molar-refractivity contribution is 6.15. The molecule has 0 fully saturated rings. The van der Waals surface area contributed by atoms with Crippen molar-refractivity contribution in [2.45, 2.75) is 26.4 Å². The quantitative estimate of drug-likeness (QED) is 0.635. The van der Waals surface area contributed by atoms with Gasteiger partial charge in [0, 0.05) is 11.1 Å². The third-order valence-corrected chi connectivity index (χ3v) is 3.28. The Kier molecular flexibility index (Phi) is 3.08. The van der Waals surface area contributed by atoms with E-state index in [1.54, 1.807) is 0 Å². The summed E-state index contributed by atoms with van der Waals surface area (Å²) in [6.07, 6.45) is 1.06. The van der Waals surface area contributed by atoms with Crippen LogP contribution in [-0.2, 0) is 11.3 Å². The third kappa shape index (κ3) is 2.26. The zero-order chi connectivity index (χ0) is 13.2. The van der Waals surface area contributed by atoms with E-state index >= 15 is 0 Å². The van der Waals surface area contributed by atoms with E-state index in [1.807, 2.05) is 13.8 Å². The van der Waals surface area contributed by atoms with E-state index in [0.29, 0.717) is 0 Å². The lowest BCUT2D eigenvalue weighted by atomic mass is 9.85. The Balaban J connectivity index is 2.14. The predicted molar refractivity (Wildman–Crippen MR) is 77.6 cm³/mol. The van der Waals surface area contributed by atoms with Crippen LogP contribution in [0.5, 0.6) is 0 Å². The van der Waals surface area contributed by atoms with Gasteiger partial charge in [-0.2, -0.15) is 0 Å². The highest BCUT2D eigenvalue weighted by Gasteiger charge is 2.21. The number of fused-ring (bicyclic) bond motifs is 2. The van der Waals surface area contributed by atoms with Crippen LogP contribution in [0.2, 0.25) is 0 Å². The Morgan fingerprint density at radius 2 is 1.42 bits per heavy atom. The van der Waals surface area contributed by atoms with Gasteiger partial charge in [-0.1, -0.05) is 53.7 Å². The van der Waals surface area contributed by atoms with Crippen molar-refractivity contribution in [2.24, 2.45) is 5.16 Å². The summed E-state index contributed by atoms with van der Waals surface area (Å²) >= 11 is 0. The molecule has 0 amide bonds. The molecule has 0 N–H and O–H groups in total. The van der Waals surface area contributed by atoms with Crippen LogP contribution in [0.4, 0.5) is 0 Å². The highest BCUT2D eigenvalue weighted by Crippen LogP contribution is 2.27. The minimum Gasteiger partial charge on any atom is -0.393 e. The monoisotopic (exact) mass is 251 g/mol. The van der Waals surface area contributed by atoms with Gasteiger partial charge in [0.15, 0.2) is 0 Å². The molecule has 0 aromatic heterocycles. The first-order chi connectivity index (χ1) is 9.25. The fourth-order valence-corrected chi connectivity index (χ4v) is 2.42. The Labute approximate surface area is 113 Å². The van der Waals surface area contributed by atoms with Crippen LogP contribution in [0.25, 0.3) is 0 Å². The summed E-state index contributed by atoms with van der Waals surface area (Å²) in [5.41, 5.74) is 5.94. The molecule has 0 unspecified atom stereocenters. The zero-order valence-electron chi connectivity index (χ0n) is 11.3. The number of hydrogen-bond donors (Lipinski definition) is 0. The number of benzene rings is 2. The molecule has 1 aliphatic rings. The predicted octanol–water partition coefficient (Wildman–Crippen LogP) is 3.77. The van der Waals surface area contributed by atoms with Crippen LogP contribution in [0.3, 0.4) is 0 Å². The van der Waals surface area contributed by atoms with E-state index in [2.05, 4.69) is 53.7 Å². The van der Waals surface area contributed by atoms with Crippen molar-refractivity contribution >= 4 is 5.71 Å². The topological polar surface area (TPSA) is 21.6 Å². The molecule has 19 heavy (non-hydrogen) atoms. The van der Waals surface area contributed by atoms with E-state index in [1.165, 1.54) is 22.3 Å². The molecule has 0 saturated heterocycles. The van der Waals surface area contributed by atoms with Crippen LogP contribution in [0, 0.1) is 0 Å². The second-order valence-corrected chi connectivity index (χ2v) is 5.09. The van der Waals surface area contributed by atoms with Gasteiger partial charge in [-0.15, -0.1) is 0 Å². The fourth-order valence-electron chi connectivity index (χ4n) is 2.42. The molecule has 3 rings (SSSR count). The van der Waals surface area contributed by atoms with Crippen LogP contribution in [0.1, 0.15) is 36.1 Å². The number of rotatable bonds is 2. The highest BCUT2D eigenvalue weighted by atomic mass is 16.6. The van der Waals surface area contributed by atoms with Gasteiger partial charge in [0.05, 0.1) is 0 Å². The molecule has 0 saturated carbocycles. The second-order valence-electron chi connectivity index (χ2n) is 5.09. The second kappa shape index (κ2) is 4.88. The van der Waals surface area contributed by atoms with Crippen molar-refractivity contribution in [2.75, 3.05) is 0 Å². The Hall–Kier alpha value is -2.09. The van der Waals surface area contributed by atoms with E-state index < -0.39 is 0 Å². The molecule has 0 atom stereocenters. The Bertz CT molecular complexity index is 581. The minimum absolute atomic E-state index is 0.0914. The molecular formula is C17H17NO. The molecule has 0 radical (unpaired) electrons. The van der Waals surface area contributed by atoms with Gasteiger partial charge in [-0.3, -0.25) is 0 Å². The number of nitrogens with zero attached hydrogens (tertiary/aromatic N) is 1. The maximum atomic E-state index is 5.48. The molecule has 2 heteroatoms. The lowest BCUT2D eigenvalue weighted by Crippen LogP contribution is -2.17. The maximum Gasteiger partial charge on any atom is 0.122 e. The van der Waals surface area contributed by atoms with Crippen molar-refractivity contribution in [1.29, 1.82) is 0 Å². The van der Waals surface area contributed by atoms with Crippen LogP contribution in [-0.4, -0.2) is 11.8 Å². The van der Waals surface area contributed by atoms with Crippen LogP contribution >= 0.6 is 0 Å². The van der Waals surface area contributed by atoms with Crippen LogP contribution < -0.4 is 0 Å². The summed E-state index contributed by atoms with van der Waals surface area (Å²) in [4.78, 5) is 5.48. The van der Waals surface area contributed by atoms with Crippen molar-refractivity contribution in [1.82, 2.24) is 0 Å². The summed E-state index contributed by atoms with van der Waals surface area (Å²) in [6.45, 7) is 3.98. The SMILES string of the molecule is CC(C)ON=C1c2ccccc2Cc2ccccc21. The molecule has 0 bridgehead atoms. The summed E-state index contributed by atoms with van der Waals surface area (Å²) in [7, 11) is 0. The summed E-state index contributed by atoms with van der Waals surface area (Å²) in [5.74, 6) is 0. The van der Waals surface area contributed by atoms with Gasteiger partial charge in [0.2, 0.25) is 0 Å². The van der Waals surface area contributed by atoms with Crippen molar-refractivity contribution in [3.63, 3.8) is 0 Å². The van der Waals surface area contributed by atoms with Gasteiger partial charge in [0.1, 0.15) is 11.8 Å². The van der Waals surface area contributed by atoms with E-state index in [-0.39, 0.29) is 6.10 Å². The molecular weight excluding hydrogens is 234 g/mol. The zero-order valence-corrected chi connectivity index (χ0v) is 11.3. The number of hydrogen-bond acceptors (Lipinski definition) is 2. The molecule has 0 aliphatic heterocycles. The standard InChI is InChI=1S/C17H17NO/c1-12(2)19-18-17-15-9-5-3-7-13(15)11-14-8-4-6-10-16(14)17/h3-10,12H,11H2,1-2H3. The third-order valence-electron chi connectivity index (χ3n) is 3.28. The lowest BCUT2D eigenvalue weighted by Gasteiger charge is -2.21. The molecule has 2 aromatic carbocycles. The van der Waals surface area contributed by atoms with Gasteiger partial charge >= 0.3 is 0 Å². The Morgan fingerprint density at radius 1 is 0.895 bits per heavy atom. The molecule has 96 valence electrons. The normalized spacial score (nSPS) is 12.9. The lowest BCUT2D eigenvalue weighted by molar-refractivity contribution is 0.0862. The average Bonchev–Trinajstić information content (AvgIpc) is 2.43. The van der Waals surface area contributed by atoms with Crippen molar-refractivity contribution in [3.8, 4) is 0 Å². The molecule has 2 nitrogen and oxygen atoms in total. The first-order valence-corrected chi connectivity index (χ1v) is 6.66. The van der Waals surface area contributed by atoms with Gasteiger partial charge < -0.3 is 4.84 Å². The van der Waals surface area contributed by atoms with E-state index in [0.717, 1.165) is 12.1 Å². The van der Waals surface area contributed by atoms with Crippen molar-refractivity contribution < 1.29 is 4.84 Å². The first kappa shape index (κ1) is 12.0. The molecule has 0 heterocycles. The van der Waals surface area contributed by atoms with E-state index in [9.17, 15) is 0 Å². The van der Waals surface area contributed by atoms with E-state index in [4.69, 9.17) is 4.84 Å². The maximum absolute atomic E-state index is 5.48. The Morgan fingerprint density at radius 3 is 1.95 bits per heavy atom. The smallest absolute Gasteiger partial charge is 0.122 e. The summed E-state index contributed by atoms with van der Waals surface area (Å²) in [6, 6.07) is 16.8. The van der Waals surface area contributed by atoms with Gasteiger partial charge in [-0.25, -0.2) is 0 Å². The number of oxime groups is 1. The largest absolute Gasteiger partial charge is 0.393 e. The molecule has 2 aromatic rings. The van der Waals surface area contributed by atoms with Crippen molar-refractivity contribution in [3.05, 3.63) is 70.8 Å². The summed E-state index contributed by atoms with van der Waals surface area (Å²) in [5, 5.41) is 4.38. The van der Waals surface area contributed by atoms with Gasteiger partial charge in [0.25, 0.3) is 0 Å². The summed E-state index contributed by atoms with van der Waals surface area (Å²) < 4.78 is 0.